The Kier molecular flexibility index (Phi) is 4.58. The van der Waals surface area contributed by atoms with E-state index in [4.69, 9.17) is 27.9 Å². The van der Waals surface area contributed by atoms with Gasteiger partial charge in [0.2, 0.25) is 0 Å². The van der Waals surface area contributed by atoms with Crippen LogP contribution < -0.4 is 4.74 Å². The number of hydrogen-bond acceptors (Lipinski definition) is 4. The Bertz CT molecular complexity index is 1040. The summed E-state index contributed by atoms with van der Waals surface area (Å²) < 4.78 is 37.7. The second-order valence-electron chi connectivity index (χ2n) is 7.27. The van der Waals surface area contributed by atoms with Crippen LogP contribution in [-0.4, -0.2) is 24.5 Å². The summed E-state index contributed by atoms with van der Waals surface area (Å²) in [5.41, 5.74) is -0.535. The Labute approximate surface area is 170 Å². The van der Waals surface area contributed by atoms with Crippen LogP contribution in [0.25, 0.3) is 11.4 Å². The van der Waals surface area contributed by atoms with Crippen molar-refractivity contribution >= 4 is 23.2 Å². The molecule has 0 saturated heterocycles. The number of benzene rings is 1. The third kappa shape index (κ3) is 3.35. The number of aryl methyl sites for hydroxylation is 1. The van der Waals surface area contributed by atoms with E-state index in [0.717, 1.165) is 25.0 Å². The summed E-state index contributed by atoms with van der Waals surface area (Å²) >= 11 is 11.9. The molecule has 0 aliphatic heterocycles. The molecule has 0 amide bonds. The maximum Gasteiger partial charge on any atom is 0.192 e. The Morgan fingerprint density at radius 3 is 2.32 bits per heavy atom. The van der Waals surface area contributed by atoms with Crippen molar-refractivity contribution in [2.24, 2.45) is 7.05 Å². The van der Waals surface area contributed by atoms with Gasteiger partial charge in [0, 0.05) is 24.3 Å². The lowest BCUT2D eigenvalue weighted by Gasteiger charge is -2.27. The summed E-state index contributed by atoms with van der Waals surface area (Å²) in [7, 11) is 1.76. The summed E-state index contributed by atoms with van der Waals surface area (Å²) in [6.07, 6.45) is 3.63. The molecule has 1 aliphatic rings. The molecule has 0 spiro atoms. The lowest BCUT2D eigenvalue weighted by molar-refractivity contribution is 0.0825. The first-order valence-electron chi connectivity index (χ1n) is 8.66. The average Bonchev–Trinajstić information content (AvgIpc) is 3.24. The molecule has 1 fully saturated rings. The molecule has 0 N–H and O–H groups in total. The molecule has 10 heteroatoms. The van der Waals surface area contributed by atoms with Gasteiger partial charge in [-0.05, 0) is 38.8 Å². The van der Waals surface area contributed by atoms with Gasteiger partial charge in [-0.1, -0.05) is 23.2 Å². The molecule has 0 radical (unpaired) electrons. The van der Waals surface area contributed by atoms with Gasteiger partial charge in [-0.2, -0.15) is 5.10 Å². The van der Waals surface area contributed by atoms with Crippen LogP contribution in [0.15, 0.2) is 18.3 Å². The number of nitrogens with zero attached hydrogens (tertiary/aromatic N) is 5. The maximum atomic E-state index is 14.2. The molecule has 3 aromatic rings. The van der Waals surface area contributed by atoms with Gasteiger partial charge in [0.1, 0.15) is 0 Å². The number of ether oxygens (including phenoxy) is 1. The highest BCUT2D eigenvalue weighted by Crippen LogP contribution is 2.43. The van der Waals surface area contributed by atoms with Crippen molar-refractivity contribution in [3.63, 3.8) is 0 Å². The summed E-state index contributed by atoms with van der Waals surface area (Å²) in [6.45, 7) is 3.36. The highest BCUT2D eigenvalue weighted by Gasteiger charge is 2.39. The first kappa shape index (κ1) is 19.1. The Morgan fingerprint density at radius 2 is 1.79 bits per heavy atom. The van der Waals surface area contributed by atoms with Gasteiger partial charge in [-0.3, -0.25) is 4.68 Å². The van der Waals surface area contributed by atoms with E-state index < -0.39 is 23.0 Å². The Morgan fingerprint density at radius 1 is 1.14 bits per heavy atom. The minimum absolute atomic E-state index is 0.0465. The minimum atomic E-state index is -1.17. The fraction of sp³-hybridized carbons (Fsp3) is 0.389. The topological polar surface area (TPSA) is 57.8 Å². The van der Waals surface area contributed by atoms with Crippen molar-refractivity contribution in [3.8, 4) is 17.1 Å². The van der Waals surface area contributed by atoms with Crippen LogP contribution in [0.2, 0.25) is 10.2 Å². The van der Waals surface area contributed by atoms with E-state index in [1.165, 1.54) is 0 Å². The quantitative estimate of drug-likeness (QED) is 0.580. The van der Waals surface area contributed by atoms with E-state index in [-0.39, 0.29) is 11.1 Å². The zero-order valence-electron chi connectivity index (χ0n) is 15.4. The summed E-state index contributed by atoms with van der Waals surface area (Å²) in [4.78, 5) is 0. The van der Waals surface area contributed by atoms with Crippen molar-refractivity contribution in [2.45, 2.75) is 38.3 Å². The molecule has 2 heterocycles. The van der Waals surface area contributed by atoms with Crippen LogP contribution in [-0.2, 0) is 12.6 Å². The van der Waals surface area contributed by atoms with E-state index in [0.29, 0.717) is 22.4 Å². The third-order valence-electron chi connectivity index (χ3n) is 4.49. The minimum Gasteiger partial charge on any atom is -0.474 e. The second-order valence-corrected chi connectivity index (χ2v) is 8.06. The van der Waals surface area contributed by atoms with Crippen LogP contribution in [0.5, 0.6) is 5.75 Å². The molecule has 6 nitrogen and oxygen atoms in total. The second kappa shape index (κ2) is 6.70. The molecular weight excluding hydrogens is 411 g/mol. The Balaban J connectivity index is 1.78. The highest BCUT2D eigenvalue weighted by atomic mass is 35.5. The predicted octanol–water partition coefficient (Wildman–Crippen LogP) is 4.91. The molecule has 28 heavy (non-hydrogen) atoms. The fourth-order valence-electron chi connectivity index (χ4n) is 3.10. The van der Waals surface area contributed by atoms with Gasteiger partial charge in [0.25, 0.3) is 0 Å². The predicted molar refractivity (Wildman–Crippen MR) is 101 cm³/mol. The summed E-state index contributed by atoms with van der Waals surface area (Å²) in [5.74, 6) is -1.29. The third-order valence-corrected chi connectivity index (χ3v) is 4.99. The smallest absolute Gasteiger partial charge is 0.192 e. The van der Waals surface area contributed by atoms with Crippen molar-refractivity contribution in [2.75, 3.05) is 0 Å². The normalized spacial score (nSPS) is 14.5. The van der Waals surface area contributed by atoms with Crippen LogP contribution in [0, 0.1) is 11.6 Å². The van der Waals surface area contributed by atoms with Crippen LogP contribution in [0.3, 0.4) is 0 Å². The molecule has 0 atom stereocenters. The van der Waals surface area contributed by atoms with Gasteiger partial charge in [0.05, 0.1) is 5.56 Å². The van der Waals surface area contributed by atoms with E-state index in [1.807, 2.05) is 4.57 Å². The summed E-state index contributed by atoms with van der Waals surface area (Å²) in [5, 5.41) is 12.9. The summed E-state index contributed by atoms with van der Waals surface area (Å²) in [6, 6.07) is 2.17. The average molecular weight is 428 g/mol. The molecule has 0 bridgehead atoms. The van der Waals surface area contributed by atoms with Gasteiger partial charge in [0.15, 0.2) is 39.8 Å². The fourth-order valence-corrected chi connectivity index (χ4v) is 3.55. The number of rotatable bonds is 5. The van der Waals surface area contributed by atoms with Gasteiger partial charge < -0.3 is 9.30 Å². The maximum absolute atomic E-state index is 14.2. The van der Waals surface area contributed by atoms with E-state index in [2.05, 4.69) is 15.3 Å². The van der Waals surface area contributed by atoms with Crippen molar-refractivity contribution in [1.82, 2.24) is 24.5 Å². The van der Waals surface area contributed by atoms with E-state index in [9.17, 15) is 8.78 Å². The lowest BCUT2D eigenvalue weighted by Crippen LogP contribution is -2.30. The number of halogens is 4. The molecule has 148 valence electrons. The standard InChI is InChI=1S/C18H17Cl2F2N5O/c1-18(2,28-14-12(21)6-9(19)7-13(14)22)17-24-23-16(27(17)10-4-5-10)11-8-26(3)25-15(11)20/h6-8,10H,4-5H2,1-3H3. The lowest BCUT2D eigenvalue weighted by atomic mass is 10.1. The van der Waals surface area contributed by atoms with Crippen LogP contribution in [0.1, 0.15) is 38.6 Å². The van der Waals surface area contributed by atoms with Gasteiger partial charge >= 0.3 is 0 Å². The first-order valence-corrected chi connectivity index (χ1v) is 9.41. The Hall–Kier alpha value is -2.19. The number of hydrogen-bond donors (Lipinski definition) is 0. The molecule has 0 unspecified atom stereocenters. The number of aromatic nitrogens is 5. The highest BCUT2D eigenvalue weighted by molar-refractivity contribution is 6.32. The van der Waals surface area contributed by atoms with Crippen molar-refractivity contribution in [3.05, 3.63) is 46.0 Å². The zero-order chi connectivity index (χ0) is 20.2. The van der Waals surface area contributed by atoms with Crippen molar-refractivity contribution in [1.29, 1.82) is 0 Å². The first-order chi connectivity index (χ1) is 13.2. The monoisotopic (exact) mass is 427 g/mol. The molecule has 4 rings (SSSR count). The molecular formula is C18H17Cl2F2N5O. The molecule has 1 aliphatic carbocycles. The van der Waals surface area contributed by atoms with Crippen LogP contribution in [0.4, 0.5) is 8.78 Å². The van der Waals surface area contributed by atoms with Gasteiger partial charge in [-0.15, -0.1) is 10.2 Å². The van der Waals surface area contributed by atoms with E-state index >= 15 is 0 Å². The van der Waals surface area contributed by atoms with Crippen molar-refractivity contribution < 1.29 is 13.5 Å². The largest absolute Gasteiger partial charge is 0.474 e. The SMILES string of the molecule is Cn1cc(-c2nnc(C(C)(C)Oc3c(F)cc(Cl)cc3F)n2C2CC2)c(Cl)n1. The van der Waals surface area contributed by atoms with Gasteiger partial charge in [-0.25, -0.2) is 8.78 Å². The van der Waals surface area contributed by atoms with Crippen LogP contribution >= 0.6 is 23.2 Å². The molecule has 1 aromatic carbocycles. The zero-order valence-corrected chi connectivity index (χ0v) is 16.9. The molecule has 2 aromatic heterocycles. The van der Waals surface area contributed by atoms with E-state index in [1.54, 1.807) is 31.8 Å². The molecule has 1 saturated carbocycles.